The van der Waals surface area contributed by atoms with Gasteiger partial charge in [0.15, 0.2) is 0 Å². The van der Waals surface area contributed by atoms with E-state index in [1.165, 1.54) is 4.31 Å². The molecule has 0 aromatic heterocycles. The molecular formula is C22H30N2O3S. The minimum Gasteiger partial charge on any atom is -0.349 e. The first-order valence-electron chi connectivity index (χ1n) is 9.66. The Hall–Kier alpha value is -2.18. The van der Waals surface area contributed by atoms with Gasteiger partial charge in [-0.3, -0.25) is 4.79 Å². The Morgan fingerprint density at radius 2 is 1.57 bits per heavy atom. The topological polar surface area (TPSA) is 66.5 Å². The van der Waals surface area contributed by atoms with E-state index >= 15 is 0 Å². The zero-order valence-electron chi connectivity index (χ0n) is 16.8. The normalized spacial score (nSPS) is 12.9. The highest BCUT2D eigenvalue weighted by Crippen LogP contribution is 2.21. The van der Waals surface area contributed by atoms with Crippen LogP contribution in [0.15, 0.2) is 65.6 Å². The summed E-state index contributed by atoms with van der Waals surface area (Å²) in [6, 6.07) is 18.3. The molecule has 0 aliphatic rings. The Bertz CT molecular complexity index is 837. The molecule has 0 radical (unpaired) electrons. The summed E-state index contributed by atoms with van der Waals surface area (Å²) < 4.78 is 26.3. The van der Waals surface area contributed by atoms with Gasteiger partial charge in [-0.05, 0) is 36.5 Å². The molecule has 0 bridgehead atoms. The van der Waals surface area contributed by atoms with Crippen molar-refractivity contribution in [2.45, 2.75) is 44.0 Å². The van der Waals surface area contributed by atoms with E-state index in [4.69, 9.17) is 0 Å². The number of carbonyl (C=O) groups excluding carboxylic acids is 1. The number of nitrogens with zero attached hydrogens (tertiary/aromatic N) is 1. The fourth-order valence-electron chi connectivity index (χ4n) is 3.06. The fourth-order valence-corrected chi connectivity index (χ4v) is 4.29. The predicted octanol–water partition coefficient (Wildman–Crippen LogP) is 3.99. The Morgan fingerprint density at radius 3 is 2.14 bits per heavy atom. The molecule has 5 nitrogen and oxygen atoms in total. The van der Waals surface area contributed by atoms with Crippen LogP contribution in [0.2, 0.25) is 0 Å². The maximum absolute atomic E-state index is 12.5. The molecule has 1 N–H and O–H groups in total. The molecular weight excluding hydrogens is 372 g/mol. The van der Waals surface area contributed by atoms with Crippen LogP contribution in [0, 0.1) is 5.92 Å². The Kier molecular flexibility index (Phi) is 8.20. The van der Waals surface area contributed by atoms with Gasteiger partial charge in [0.2, 0.25) is 15.9 Å². The van der Waals surface area contributed by atoms with Gasteiger partial charge in [-0.15, -0.1) is 0 Å². The van der Waals surface area contributed by atoms with Crippen molar-refractivity contribution in [1.29, 1.82) is 0 Å². The van der Waals surface area contributed by atoms with E-state index in [9.17, 15) is 13.2 Å². The molecule has 0 saturated heterocycles. The van der Waals surface area contributed by atoms with Crippen LogP contribution in [0.1, 0.15) is 44.7 Å². The van der Waals surface area contributed by atoms with Gasteiger partial charge in [0.1, 0.15) is 0 Å². The van der Waals surface area contributed by atoms with Crippen LogP contribution in [-0.4, -0.2) is 32.2 Å². The lowest BCUT2D eigenvalue weighted by Crippen LogP contribution is -2.31. The van der Waals surface area contributed by atoms with Crippen LogP contribution < -0.4 is 5.32 Å². The van der Waals surface area contributed by atoms with E-state index in [0.717, 1.165) is 12.0 Å². The third kappa shape index (κ3) is 6.46. The van der Waals surface area contributed by atoms with Crippen molar-refractivity contribution in [1.82, 2.24) is 9.62 Å². The molecule has 1 amide bonds. The Balaban J connectivity index is 1.89. The minimum absolute atomic E-state index is 0.0283. The third-order valence-electron chi connectivity index (χ3n) is 4.57. The highest BCUT2D eigenvalue weighted by molar-refractivity contribution is 7.89. The molecule has 0 saturated carbocycles. The largest absolute Gasteiger partial charge is 0.349 e. The molecule has 2 rings (SSSR count). The number of carbonyl (C=O) groups is 1. The lowest BCUT2D eigenvalue weighted by molar-refractivity contribution is -0.122. The number of hydrogen-bond acceptors (Lipinski definition) is 3. The van der Waals surface area contributed by atoms with Crippen molar-refractivity contribution in [3.8, 4) is 0 Å². The van der Waals surface area contributed by atoms with Crippen molar-refractivity contribution < 1.29 is 13.2 Å². The zero-order valence-corrected chi connectivity index (χ0v) is 17.7. The molecule has 28 heavy (non-hydrogen) atoms. The fraction of sp³-hybridized carbons (Fsp3) is 0.409. The van der Waals surface area contributed by atoms with Crippen molar-refractivity contribution in [2.24, 2.45) is 5.92 Å². The molecule has 0 heterocycles. The summed E-state index contributed by atoms with van der Waals surface area (Å²) in [5, 5.41) is 3.10. The van der Waals surface area contributed by atoms with Crippen molar-refractivity contribution >= 4 is 15.9 Å². The van der Waals surface area contributed by atoms with Crippen LogP contribution in [-0.2, 0) is 14.8 Å². The van der Waals surface area contributed by atoms with E-state index in [2.05, 4.69) is 19.2 Å². The van der Waals surface area contributed by atoms with Crippen LogP contribution in [0.4, 0.5) is 0 Å². The lowest BCUT2D eigenvalue weighted by Gasteiger charge is -2.22. The molecule has 1 atom stereocenters. The maximum atomic E-state index is 12.5. The standard InChI is InChI=1S/C22H30N2O3S/c1-18(2)17-21(19-11-6-4-7-12-19)23-22(25)15-10-16-24(3)28(26,27)20-13-8-5-9-14-20/h4-9,11-14,18,21H,10,15-17H2,1-3H3,(H,23,25). The second-order valence-corrected chi connectivity index (χ2v) is 9.45. The summed E-state index contributed by atoms with van der Waals surface area (Å²) in [6.45, 7) is 4.56. The molecule has 0 aliphatic heterocycles. The average molecular weight is 403 g/mol. The predicted molar refractivity (Wildman–Crippen MR) is 112 cm³/mol. The molecule has 0 fully saturated rings. The summed E-state index contributed by atoms with van der Waals surface area (Å²) in [6.07, 6.45) is 1.62. The van der Waals surface area contributed by atoms with Crippen LogP contribution >= 0.6 is 0 Å². The monoisotopic (exact) mass is 402 g/mol. The van der Waals surface area contributed by atoms with Crippen molar-refractivity contribution in [2.75, 3.05) is 13.6 Å². The van der Waals surface area contributed by atoms with Gasteiger partial charge < -0.3 is 5.32 Å². The number of hydrogen-bond donors (Lipinski definition) is 1. The Morgan fingerprint density at radius 1 is 1.00 bits per heavy atom. The SMILES string of the molecule is CC(C)CC(NC(=O)CCCN(C)S(=O)(=O)c1ccccc1)c1ccccc1. The summed E-state index contributed by atoms with van der Waals surface area (Å²) in [7, 11) is -1.97. The summed E-state index contributed by atoms with van der Waals surface area (Å²) in [5.74, 6) is 0.396. The third-order valence-corrected chi connectivity index (χ3v) is 6.44. The number of rotatable bonds is 10. The van der Waals surface area contributed by atoms with E-state index in [1.807, 2.05) is 30.3 Å². The molecule has 0 aliphatic carbocycles. The van der Waals surface area contributed by atoms with E-state index in [-0.39, 0.29) is 23.3 Å². The van der Waals surface area contributed by atoms with E-state index in [0.29, 0.717) is 18.9 Å². The number of benzene rings is 2. The number of nitrogens with one attached hydrogen (secondary N) is 1. The van der Waals surface area contributed by atoms with Crippen molar-refractivity contribution in [3.05, 3.63) is 66.2 Å². The smallest absolute Gasteiger partial charge is 0.242 e. The van der Waals surface area contributed by atoms with Crippen LogP contribution in [0.5, 0.6) is 0 Å². The van der Waals surface area contributed by atoms with E-state index in [1.54, 1.807) is 37.4 Å². The van der Waals surface area contributed by atoms with Gasteiger partial charge in [0, 0.05) is 20.0 Å². The quantitative estimate of drug-likeness (QED) is 0.653. The van der Waals surface area contributed by atoms with Gasteiger partial charge in [-0.2, -0.15) is 0 Å². The molecule has 2 aromatic carbocycles. The first kappa shape index (κ1) is 22.1. The Labute approximate surface area is 168 Å². The lowest BCUT2D eigenvalue weighted by atomic mass is 9.97. The number of sulfonamides is 1. The van der Waals surface area contributed by atoms with Crippen LogP contribution in [0.3, 0.4) is 0 Å². The molecule has 152 valence electrons. The van der Waals surface area contributed by atoms with Gasteiger partial charge in [0.05, 0.1) is 10.9 Å². The first-order chi connectivity index (χ1) is 13.3. The number of amides is 1. The van der Waals surface area contributed by atoms with Gasteiger partial charge >= 0.3 is 0 Å². The second-order valence-electron chi connectivity index (χ2n) is 7.40. The average Bonchev–Trinajstić information content (AvgIpc) is 2.68. The molecule has 2 aromatic rings. The summed E-state index contributed by atoms with van der Waals surface area (Å²) in [4.78, 5) is 12.7. The van der Waals surface area contributed by atoms with Gasteiger partial charge in [-0.25, -0.2) is 12.7 Å². The molecule has 0 spiro atoms. The van der Waals surface area contributed by atoms with Crippen LogP contribution in [0.25, 0.3) is 0 Å². The summed E-state index contributed by atoms with van der Waals surface area (Å²) >= 11 is 0. The highest BCUT2D eigenvalue weighted by Gasteiger charge is 2.21. The highest BCUT2D eigenvalue weighted by atomic mass is 32.2. The molecule has 6 heteroatoms. The van der Waals surface area contributed by atoms with E-state index < -0.39 is 10.0 Å². The summed E-state index contributed by atoms with van der Waals surface area (Å²) in [5.41, 5.74) is 1.09. The first-order valence-corrected chi connectivity index (χ1v) is 11.1. The van der Waals surface area contributed by atoms with Crippen molar-refractivity contribution in [3.63, 3.8) is 0 Å². The minimum atomic E-state index is -3.52. The second kappa shape index (κ2) is 10.4. The van der Waals surface area contributed by atoms with Gasteiger partial charge in [0.25, 0.3) is 0 Å². The molecule has 1 unspecified atom stereocenters. The van der Waals surface area contributed by atoms with Gasteiger partial charge in [-0.1, -0.05) is 62.4 Å². The maximum Gasteiger partial charge on any atom is 0.242 e. The zero-order chi connectivity index (χ0) is 20.6.